The van der Waals surface area contributed by atoms with E-state index in [9.17, 15) is 0 Å². The lowest BCUT2D eigenvalue weighted by Gasteiger charge is -2.14. The van der Waals surface area contributed by atoms with Crippen LogP contribution in [0.5, 0.6) is 11.5 Å². The van der Waals surface area contributed by atoms with Crippen molar-refractivity contribution in [3.63, 3.8) is 0 Å². The standard InChI is InChI=1S/C16H27NO4/c1-4-20-14-7-8-16(21-5-2)15(13-14)17-9-12-19-11-6-10-18-3/h7-8,13,17H,4-6,9-12H2,1-3H3. The van der Waals surface area contributed by atoms with Gasteiger partial charge >= 0.3 is 0 Å². The average molecular weight is 297 g/mol. The predicted octanol–water partition coefficient (Wildman–Crippen LogP) is 2.95. The van der Waals surface area contributed by atoms with Gasteiger partial charge in [0.25, 0.3) is 0 Å². The molecule has 0 radical (unpaired) electrons. The summed E-state index contributed by atoms with van der Waals surface area (Å²) >= 11 is 0. The van der Waals surface area contributed by atoms with Crippen molar-refractivity contribution in [3.8, 4) is 11.5 Å². The summed E-state index contributed by atoms with van der Waals surface area (Å²) in [6.45, 7) is 8.05. The first-order chi connectivity index (χ1) is 10.3. The Kier molecular flexibility index (Phi) is 9.40. The van der Waals surface area contributed by atoms with Crippen LogP contribution in [-0.4, -0.2) is 46.7 Å². The molecular weight excluding hydrogens is 270 g/mol. The van der Waals surface area contributed by atoms with Crippen molar-refractivity contribution in [2.75, 3.05) is 52.0 Å². The van der Waals surface area contributed by atoms with Crippen LogP contribution >= 0.6 is 0 Å². The van der Waals surface area contributed by atoms with Crippen LogP contribution < -0.4 is 14.8 Å². The van der Waals surface area contributed by atoms with Gasteiger partial charge in [-0.25, -0.2) is 0 Å². The summed E-state index contributed by atoms with van der Waals surface area (Å²) in [6, 6.07) is 5.80. The first-order valence-corrected chi connectivity index (χ1v) is 7.52. The minimum absolute atomic E-state index is 0.635. The molecule has 0 heterocycles. The van der Waals surface area contributed by atoms with E-state index in [1.54, 1.807) is 7.11 Å². The quantitative estimate of drug-likeness (QED) is 0.601. The summed E-state index contributed by atoms with van der Waals surface area (Å²) in [6.07, 6.45) is 0.917. The van der Waals surface area contributed by atoms with Crippen molar-refractivity contribution < 1.29 is 18.9 Å². The van der Waals surface area contributed by atoms with Gasteiger partial charge in [-0.3, -0.25) is 0 Å². The van der Waals surface area contributed by atoms with Crippen LogP contribution in [0.25, 0.3) is 0 Å². The zero-order valence-electron chi connectivity index (χ0n) is 13.3. The lowest BCUT2D eigenvalue weighted by Crippen LogP contribution is -2.12. The van der Waals surface area contributed by atoms with Gasteiger partial charge in [-0.15, -0.1) is 0 Å². The number of rotatable bonds is 12. The third kappa shape index (κ3) is 7.20. The van der Waals surface area contributed by atoms with Gasteiger partial charge in [0.05, 0.1) is 25.5 Å². The second kappa shape index (κ2) is 11.2. The largest absolute Gasteiger partial charge is 0.494 e. The van der Waals surface area contributed by atoms with Crippen LogP contribution in [0.3, 0.4) is 0 Å². The molecule has 0 unspecified atom stereocenters. The molecule has 0 saturated carbocycles. The molecule has 1 N–H and O–H groups in total. The molecule has 0 fully saturated rings. The Morgan fingerprint density at radius 3 is 2.52 bits per heavy atom. The molecular formula is C16H27NO4. The summed E-state index contributed by atoms with van der Waals surface area (Å²) in [4.78, 5) is 0. The van der Waals surface area contributed by atoms with Gasteiger partial charge in [0, 0.05) is 32.9 Å². The first kappa shape index (κ1) is 17.6. The highest BCUT2D eigenvalue weighted by Gasteiger charge is 2.05. The normalized spacial score (nSPS) is 10.4. The molecule has 0 aliphatic heterocycles. The van der Waals surface area contributed by atoms with E-state index in [1.165, 1.54) is 0 Å². The molecule has 0 aliphatic carbocycles. The topological polar surface area (TPSA) is 49.0 Å². The number of ether oxygens (including phenoxy) is 4. The second-order valence-corrected chi connectivity index (χ2v) is 4.41. The van der Waals surface area contributed by atoms with Crippen LogP contribution in [0.1, 0.15) is 20.3 Å². The number of anilines is 1. The van der Waals surface area contributed by atoms with Gasteiger partial charge in [-0.1, -0.05) is 0 Å². The minimum atomic E-state index is 0.635. The van der Waals surface area contributed by atoms with E-state index in [4.69, 9.17) is 18.9 Å². The maximum Gasteiger partial charge on any atom is 0.142 e. The first-order valence-electron chi connectivity index (χ1n) is 7.52. The smallest absolute Gasteiger partial charge is 0.142 e. The van der Waals surface area contributed by atoms with Crippen molar-refractivity contribution >= 4 is 5.69 Å². The molecule has 0 aromatic heterocycles. The van der Waals surface area contributed by atoms with Crippen LogP contribution in [0.15, 0.2) is 18.2 Å². The van der Waals surface area contributed by atoms with Gasteiger partial charge in [-0.2, -0.15) is 0 Å². The maximum absolute atomic E-state index is 5.60. The van der Waals surface area contributed by atoms with Crippen molar-refractivity contribution in [1.82, 2.24) is 0 Å². The fourth-order valence-corrected chi connectivity index (χ4v) is 1.85. The number of nitrogens with one attached hydrogen (secondary N) is 1. The molecule has 0 atom stereocenters. The van der Waals surface area contributed by atoms with Crippen molar-refractivity contribution in [2.45, 2.75) is 20.3 Å². The summed E-state index contributed by atoms with van der Waals surface area (Å²) in [5.74, 6) is 1.67. The van der Waals surface area contributed by atoms with Crippen molar-refractivity contribution in [3.05, 3.63) is 18.2 Å². The Balaban J connectivity index is 2.41. The molecule has 5 nitrogen and oxygen atoms in total. The lowest BCUT2D eigenvalue weighted by molar-refractivity contribution is 0.109. The van der Waals surface area contributed by atoms with E-state index >= 15 is 0 Å². The number of hydrogen-bond acceptors (Lipinski definition) is 5. The van der Waals surface area contributed by atoms with E-state index in [0.29, 0.717) is 26.4 Å². The minimum Gasteiger partial charge on any atom is -0.494 e. The summed E-state index contributed by atoms with van der Waals surface area (Å²) < 4.78 is 21.6. The molecule has 0 bridgehead atoms. The van der Waals surface area contributed by atoms with E-state index < -0.39 is 0 Å². The van der Waals surface area contributed by atoms with Crippen LogP contribution in [0.2, 0.25) is 0 Å². The molecule has 0 saturated heterocycles. The third-order valence-corrected chi connectivity index (χ3v) is 2.76. The number of hydrogen-bond donors (Lipinski definition) is 1. The Morgan fingerprint density at radius 1 is 1.00 bits per heavy atom. The fraction of sp³-hybridized carbons (Fsp3) is 0.625. The fourth-order valence-electron chi connectivity index (χ4n) is 1.85. The molecule has 0 spiro atoms. The maximum atomic E-state index is 5.60. The molecule has 1 aromatic carbocycles. The molecule has 0 amide bonds. The second-order valence-electron chi connectivity index (χ2n) is 4.41. The monoisotopic (exact) mass is 297 g/mol. The zero-order chi connectivity index (χ0) is 15.3. The molecule has 21 heavy (non-hydrogen) atoms. The van der Waals surface area contributed by atoms with E-state index in [0.717, 1.165) is 36.8 Å². The Labute approximate surface area is 127 Å². The van der Waals surface area contributed by atoms with E-state index in [-0.39, 0.29) is 0 Å². The number of benzene rings is 1. The summed E-state index contributed by atoms with van der Waals surface area (Å²) in [5.41, 5.74) is 0.934. The van der Waals surface area contributed by atoms with Gasteiger partial charge in [0.1, 0.15) is 11.5 Å². The van der Waals surface area contributed by atoms with E-state index in [2.05, 4.69) is 5.32 Å². The zero-order valence-corrected chi connectivity index (χ0v) is 13.3. The van der Waals surface area contributed by atoms with Crippen molar-refractivity contribution in [2.24, 2.45) is 0 Å². The van der Waals surface area contributed by atoms with Gasteiger partial charge in [0.2, 0.25) is 0 Å². The number of methoxy groups -OCH3 is 1. The summed E-state index contributed by atoms with van der Waals surface area (Å²) in [5, 5.41) is 3.33. The molecule has 5 heteroatoms. The van der Waals surface area contributed by atoms with Gasteiger partial charge in [0.15, 0.2) is 0 Å². The highest BCUT2D eigenvalue weighted by atomic mass is 16.5. The molecule has 1 rings (SSSR count). The lowest BCUT2D eigenvalue weighted by atomic mass is 10.2. The van der Waals surface area contributed by atoms with E-state index in [1.807, 2.05) is 32.0 Å². The Morgan fingerprint density at radius 2 is 1.81 bits per heavy atom. The van der Waals surface area contributed by atoms with Gasteiger partial charge in [-0.05, 0) is 32.4 Å². The average Bonchev–Trinajstić information content (AvgIpc) is 2.49. The summed E-state index contributed by atoms with van der Waals surface area (Å²) in [7, 11) is 1.70. The van der Waals surface area contributed by atoms with Crippen LogP contribution in [-0.2, 0) is 9.47 Å². The highest BCUT2D eigenvalue weighted by molar-refractivity contribution is 5.59. The predicted molar refractivity (Wildman–Crippen MR) is 84.6 cm³/mol. The SMILES string of the molecule is CCOc1ccc(OCC)c(NCCOCCCOC)c1. The van der Waals surface area contributed by atoms with Crippen molar-refractivity contribution in [1.29, 1.82) is 0 Å². The van der Waals surface area contributed by atoms with Crippen LogP contribution in [0, 0.1) is 0 Å². The molecule has 1 aromatic rings. The Bertz CT molecular complexity index is 385. The van der Waals surface area contributed by atoms with Gasteiger partial charge < -0.3 is 24.3 Å². The highest BCUT2D eigenvalue weighted by Crippen LogP contribution is 2.29. The van der Waals surface area contributed by atoms with Crippen LogP contribution in [0.4, 0.5) is 5.69 Å². The molecule has 0 aliphatic rings. The third-order valence-electron chi connectivity index (χ3n) is 2.76. The Hall–Kier alpha value is -1.46. The molecule has 120 valence electrons.